The van der Waals surface area contributed by atoms with Gasteiger partial charge in [-0.3, -0.25) is 4.90 Å². The molecule has 5 nitrogen and oxygen atoms in total. The molecule has 1 amide bonds. The maximum absolute atomic E-state index is 12.3. The van der Waals surface area contributed by atoms with E-state index in [0.29, 0.717) is 6.04 Å². The predicted octanol–water partition coefficient (Wildman–Crippen LogP) is 1.68. The number of piperazine rings is 1. The van der Waals surface area contributed by atoms with Crippen LogP contribution >= 0.6 is 0 Å². The highest BCUT2D eigenvalue weighted by molar-refractivity contribution is 5.69. The summed E-state index contributed by atoms with van der Waals surface area (Å²) in [7, 11) is 0. The van der Waals surface area contributed by atoms with Crippen LogP contribution in [-0.2, 0) is 4.74 Å². The minimum atomic E-state index is -0.428. The molecular formula is C15H29N3O2. The summed E-state index contributed by atoms with van der Waals surface area (Å²) in [6, 6.07) is 1.03. The van der Waals surface area contributed by atoms with Crippen LogP contribution < -0.4 is 5.32 Å². The first-order valence-corrected chi connectivity index (χ1v) is 7.74. The topological polar surface area (TPSA) is 44.8 Å². The Bertz CT molecular complexity index is 336. The van der Waals surface area contributed by atoms with Crippen molar-refractivity contribution in [1.29, 1.82) is 0 Å². The molecule has 2 unspecified atom stereocenters. The monoisotopic (exact) mass is 283 g/mol. The van der Waals surface area contributed by atoms with Gasteiger partial charge in [-0.15, -0.1) is 0 Å². The van der Waals surface area contributed by atoms with Crippen LogP contribution in [0, 0.1) is 0 Å². The summed E-state index contributed by atoms with van der Waals surface area (Å²) < 4.78 is 5.53. The van der Waals surface area contributed by atoms with Crippen LogP contribution in [0.3, 0.4) is 0 Å². The van der Waals surface area contributed by atoms with Gasteiger partial charge in [0.15, 0.2) is 0 Å². The number of hydrogen-bond acceptors (Lipinski definition) is 4. The lowest BCUT2D eigenvalue weighted by Crippen LogP contribution is -2.61. The molecular weight excluding hydrogens is 254 g/mol. The summed E-state index contributed by atoms with van der Waals surface area (Å²) in [6.45, 7) is 14.1. The number of amides is 1. The third kappa shape index (κ3) is 3.64. The highest BCUT2D eigenvalue weighted by Gasteiger charge is 2.38. The Labute approximate surface area is 122 Å². The van der Waals surface area contributed by atoms with E-state index in [2.05, 4.69) is 24.1 Å². The standard InChI is InChI=1S/C15H29N3O2/c1-11-9-17(13-6-7-16-8-13)10-12(2)18(11)14(19)20-15(3,4)5/h11-13,16H,6-10H2,1-5H3/t11?,12?,13-/m1/s1. The van der Waals surface area contributed by atoms with E-state index >= 15 is 0 Å². The lowest BCUT2D eigenvalue weighted by atomic mass is 10.1. The Morgan fingerprint density at radius 3 is 2.25 bits per heavy atom. The second kappa shape index (κ2) is 5.90. The molecule has 0 radical (unpaired) electrons. The summed E-state index contributed by atoms with van der Waals surface area (Å²) in [5, 5.41) is 3.42. The molecule has 3 atom stereocenters. The minimum Gasteiger partial charge on any atom is -0.444 e. The van der Waals surface area contributed by atoms with E-state index in [1.807, 2.05) is 25.7 Å². The van der Waals surface area contributed by atoms with E-state index in [-0.39, 0.29) is 18.2 Å². The van der Waals surface area contributed by atoms with Gasteiger partial charge < -0.3 is 15.0 Å². The zero-order chi connectivity index (χ0) is 14.9. The maximum Gasteiger partial charge on any atom is 0.410 e. The molecule has 20 heavy (non-hydrogen) atoms. The van der Waals surface area contributed by atoms with Crippen LogP contribution in [0.2, 0.25) is 0 Å². The number of carbonyl (C=O) groups excluding carboxylic acids is 1. The highest BCUT2D eigenvalue weighted by Crippen LogP contribution is 2.22. The van der Waals surface area contributed by atoms with Gasteiger partial charge in [0.1, 0.15) is 5.60 Å². The minimum absolute atomic E-state index is 0.179. The van der Waals surface area contributed by atoms with Gasteiger partial charge in [-0.1, -0.05) is 0 Å². The number of hydrogen-bond donors (Lipinski definition) is 1. The highest BCUT2D eigenvalue weighted by atomic mass is 16.6. The molecule has 0 saturated carbocycles. The maximum atomic E-state index is 12.3. The second-order valence-corrected chi connectivity index (χ2v) is 7.19. The third-order valence-electron chi connectivity index (χ3n) is 4.10. The average molecular weight is 283 g/mol. The zero-order valence-electron chi connectivity index (χ0n) is 13.5. The van der Waals surface area contributed by atoms with Crippen molar-refractivity contribution in [3.63, 3.8) is 0 Å². The second-order valence-electron chi connectivity index (χ2n) is 7.19. The van der Waals surface area contributed by atoms with E-state index < -0.39 is 5.60 Å². The van der Waals surface area contributed by atoms with Crippen molar-refractivity contribution in [2.75, 3.05) is 26.2 Å². The third-order valence-corrected chi connectivity index (χ3v) is 4.10. The fourth-order valence-electron chi connectivity index (χ4n) is 3.29. The van der Waals surface area contributed by atoms with Gasteiger partial charge in [-0.25, -0.2) is 4.79 Å². The van der Waals surface area contributed by atoms with Crippen molar-refractivity contribution in [2.24, 2.45) is 0 Å². The number of ether oxygens (including phenoxy) is 1. The number of rotatable bonds is 1. The van der Waals surface area contributed by atoms with Crippen molar-refractivity contribution in [3.8, 4) is 0 Å². The Kier molecular flexibility index (Phi) is 4.59. The average Bonchev–Trinajstić information content (AvgIpc) is 2.78. The van der Waals surface area contributed by atoms with Crippen LogP contribution in [0.15, 0.2) is 0 Å². The fraction of sp³-hybridized carbons (Fsp3) is 0.933. The van der Waals surface area contributed by atoms with Gasteiger partial charge in [0, 0.05) is 37.8 Å². The summed E-state index contributed by atoms with van der Waals surface area (Å²) in [5.41, 5.74) is -0.428. The summed E-state index contributed by atoms with van der Waals surface area (Å²) in [5.74, 6) is 0. The summed E-state index contributed by atoms with van der Waals surface area (Å²) in [6.07, 6.45) is 1.04. The number of carbonyl (C=O) groups is 1. The number of nitrogens with zero attached hydrogens (tertiary/aromatic N) is 2. The molecule has 2 rings (SSSR count). The molecule has 116 valence electrons. The van der Waals surface area contributed by atoms with Crippen molar-refractivity contribution < 1.29 is 9.53 Å². The van der Waals surface area contributed by atoms with Crippen molar-refractivity contribution in [3.05, 3.63) is 0 Å². The Morgan fingerprint density at radius 2 is 1.80 bits per heavy atom. The molecule has 0 aromatic carbocycles. The molecule has 2 heterocycles. The molecule has 2 saturated heterocycles. The van der Waals surface area contributed by atoms with E-state index in [0.717, 1.165) is 26.2 Å². The van der Waals surface area contributed by atoms with E-state index in [1.165, 1.54) is 6.42 Å². The predicted molar refractivity (Wildman–Crippen MR) is 79.8 cm³/mol. The van der Waals surface area contributed by atoms with Crippen LogP contribution in [0.25, 0.3) is 0 Å². The van der Waals surface area contributed by atoms with Gasteiger partial charge in [0.2, 0.25) is 0 Å². The molecule has 0 aromatic heterocycles. The van der Waals surface area contributed by atoms with Crippen molar-refractivity contribution >= 4 is 6.09 Å². The van der Waals surface area contributed by atoms with Crippen molar-refractivity contribution in [2.45, 2.75) is 64.8 Å². The van der Waals surface area contributed by atoms with Gasteiger partial charge >= 0.3 is 6.09 Å². The first-order chi connectivity index (χ1) is 9.28. The van der Waals surface area contributed by atoms with Crippen LogP contribution in [-0.4, -0.2) is 65.8 Å². The quantitative estimate of drug-likeness (QED) is 0.795. The number of nitrogens with one attached hydrogen (secondary N) is 1. The molecule has 0 aliphatic carbocycles. The first-order valence-electron chi connectivity index (χ1n) is 7.74. The molecule has 0 spiro atoms. The molecule has 2 aliphatic rings. The Balaban J connectivity index is 1.97. The summed E-state index contributed by atoms with van der Waals surface area (Å²) in [4.78, 5) is 16.8. The van der Waals surface area contributed by atoms with Crippen LogP contribution in [0.5, 0.6) is 0 Å². The van der Waals surface area contributed by atoms with Crippen LogP contribution in [0.1, 0.15) is 41.0 Å². The van der Waals surface area contributed by atoms with Crippen molar-refractivity contribution in [1.82, 2.24) is 15.1 Å². The van der Waals surface area contributed by atoms with Gasteiger partial charge in [0.05, 0.1) is 0 Å². The molecule has 5 heteroatoms. The van der Waals surface area contributed by atoms with Crippen LogP contribution in [0.4, 0.5) is 4.79 Å². The fourth-order valence-corrected chi connectivity index (χ4v) is 3.29. The first kappa shape index (κ1) is 15.6. The molecule has 1 N–H and O–H groups in total. The lowest BCUT2D eigenvalue weighted by molar-refractivity contribution is -0.0210. The molecule has 0 bridgehead atoms. The van der Waals surface area contributed by atoms with E-state index in [4.69, 9.17) is 4.74 Å². The molecule has 0 aromatic rings. The van der Waals surface area contributed by atoms with E-state index in [9.17, 15) is 4.79 Å². The van der Waals surface area contributed by atoms with Gasteiger partial charge in [-0.2, -0.15) is 0 Å². The van der Waals surface area contributed by atoms with Gasteiger partial charge in [0.25, 0.3) is 0 Å². The zero-order valence-corrected chi connectivity index (χ0v) is 13.5. The largest absolute Gasteiger partial charge is 0.444 e. The smallest absolute Gasteiger partial charge is 0.410 e. The van der Waals surface area contributed by atoms with E-state index in [1.54, 1.807) is 0 Å². The summed E-state index contributed by atoms with van der Waals surface area (Å²) >= 11 is 0. The SMILES string of the molecule is CC1CN([C@@H]2CCNC2)CC(C)N1C(=O)OC(C)(C)C. The Hall–Kier alpha value is -0.810. The Morgan fingerprint density at radius 1 is 1.20 bits per heavy atom. The molecule has 2 fully saturated rings. The van der Waals surface area contributed by atoms with Gasteiger partial charge in [-0.05, 0) is 47.6 Å². The lowest BCUT2D eigenvalue weighted by Gasteiger charge is -2.46. The normalized spacial score (nSPS) is 32.5. The molecule has 2 aliphatic heterocycles.